The van der Waals surface area contributed by atoms with E-state index in [4.69, 9.17) is 10.2 Å². The number of hydrogen-bond donors (Lipinski definition) is 4. The van der Waals surface area contributed by atoms with Crippen LogP contribution in [0, 0.1) is 5.92 Å². The Balaban J connectivity index is 2.11. The van der Waals surface area contributed by atoms with Crippen molar-refractivity contribution in [1.29, 1.82) is 0 Å². The highest BCUT2D eigenvalue weighted by Gasteiger charge is 2.26. The maximum atomic E-state index is 11.2. The third kappa shape index (κ3) is 3.75. The van der Waals surface area contributed by atoms with Crippen molar-refractivity contribution in [2.45, 2.75) is 31.9 Å². The summed E-state index contributed by atoms with van der Waals surface area (Å²) in [4.78, 5) is 21.4. The maximum absolute atomic E-state index is 11.2. The number of rotatable bonds is 4. The minimum atomic E-state index is -1.55. The average molecular weight is 216 g/mol. The van der Waals surface area contributed by atoms with Crippen molar-refractivity contribution >= 4 is 12.0 Å². The molecule has 0 spiro atoms. The summed E-state index contributed by atoms with van der Waals surface area (Å²) in [5.41, 5.74) is 0. The molecule has 0 bridgehead atoms. The fraction of sp³-hybridized carbons (Fsp3) is 0.778. The summed E-state index contributed by atoms with van der Waals surface area (Å²) in [5, 5.41) is 22.2. The van der Waals surface area contributed by atoms with E-state index in [2.05, 4.69) is 17.6 Å². The highest BCUT2D eigenvalue weighted by molar-refractivity contribution is 5.76. The fourth-order valence-electron chi connectivity index (χ4n) is 1.53. The van der Waals surface area contributed by atoms with E-state index in [-0.39, 0.29) is 12.6 Å². The predicted octanol–water partition coefficient (Wildman–Crippen LogP) is -0.470. The molecule has 1 saturated carbocycles. The smallest absolute Gasteiger partial charge is 0.334 e. The van der Waals surface area contributed by atoms with Crippen LogP contribution in [0.5, 0.6) is 0 Å². The average Bonchev–Trinajstić information content (AvgIpc) is 2.11. The number of urea groups is 1. The van der Waals surface area contributed by atoms with Crippen molar-refractivity contribution in [3.8, 4) is 0 Å². The Kier molecular flexibility index (Phi) is 3.90. The van der Waals surface area contributed by atoms with Gasteiger partial charge in [-0.1, -0.05) is 6.92 Å². The van der Waals surface area contributed by atoms with E-state index in [0.717, 1.165) is 12.8 Å². The predicted molar refractivity (Wildman–Crippen MR) is 52.4 cm³/mol. The Morgan fingerprint density at radius 3 is 2.53 bits per heavy atom. The zero-order valence-corrected chi connectivity index (χ0v) is 8.56. The Bertz CT molecular complexity index is 250. The Hall–Kier alpha value is -1.30. The zero-order chi connectivity index (χ0) is 11.4. The number of aliphatic hydroxyl groups excluding tert-OH is 1. The first-order valence-corrected chi connectivity index (χ1v) is 4.94. The van der Waals surface area contributed by atoms with E-state index in [0.29, 0.717) is 5.92 Å². The largest absolute Gasteiger partial charge is 0.479 e. The fourth-order valence-corrected chi connectivity index (χ4v) is 1.53. The molecule has 0 aliphatic heterocycles. The van der Waals surface area contributed by atoms with Crippen molar-refractivity contribution in [2.75, 3.05) is 6.54 Å². The molecule has 1 aliphatic carbocycles. The van der Waals surface area contributed by atoms with Gasteiger partial charge in [0.1, 0.15) is 0 Å². The van der Waals surface area contributed by atoms with Gasteiger partial charge in [-0.3, -0.25) is 0 Å². The lowest BCUT2D eigenvalue weighted by Crippen LogP contribution is -2.49. The molecule has 0 radical (unpaired) electrons. The topological polar surface area (TPSA) is 98.7 Å². The van der Waals surface area contributed by atoms with Crippen molar-refractivity contribution in [1.82, 2.24) is 10.6 Å². The van der Waals surface area contributed by atoms with E-state index in [1.54, 1.807) is 0 Å². The minimum absolute atomic E-state index is 0.182. The SMILES string of the molecule is CC1CC(NC(=O)NCC(O)C(=O)O)C1. The highest BCUT2D eigenvalue weighted by atomic mass is 16.4. The van der Waals surface area contributed by atoms with Crippen molar-refractivity contribution < 1.29 is 19.8 Å². The van der Waals surface area contributed by atoms with Crippen LogP contribution in [0.4, 0.5) is 4.79 Å². The molecule has 1 atom stereocenters. The van der Waals surface area contributed by atoms with E-state index in [1.807, 2.05) is 0 Å². The molecule has 1 aliphatic rings. The Labute approximate surface area is 87.7 Å². The standard InChI is InChI=1S/C9H16N2O4/c1-5-2-6(3-5)11-9(15)10-4-7(12)8(13)14/h5-7,12H,2-4H2,1H3,(H,13,14)(H2,10,11,15). The van der Waals surface area contributed by atoms with Crippen LogP contribution in [0.25, 0.3) is 0 Å². The number of aliphatic hydroxyl groups is 1. The number of carboxylic acid groups (broad SMARTS) is 1. The van der Waals surface area contributed by atoms with Crippen LogP contribution in [0.1, 0.15) is 19.8 Å². The maximum Gasteiger partial charge on any atom is 0.334 e. The number of hydrogen-bond acceptors (Lipinski definition) is 3. The zero-order valence-electron chi connectivity index (χ0n) is 8.56. The van der Waals surface area contributed by atoms with Crippen LogP contribution in [-0.2, 0) is 4.79 Å². The summed E-state index contributed by atoms with van der Waals surface area (Å²) >= 11 is 0. The molecule has 6 nitrogen and oxygen atoms in total. The van der Waals surface area contributed by atoms with Gasteiger partial charge in [0.25, 0.3) is 0 Å². The first-order valence-electron chi connectivity index (χ1n) is 4.94. The van der Waals surface area contributed by atoms with Gasteiger partial charge in [0.05, 0.1) is 6.54 Å². The number of carbonyl (C=O) groups is 2. The molecule has 6 heteroatoms. The van der Waals surface area contributed by atoms with E-state index in [1.165, 1.54) is 0 Å². The van der Waals surface area contributed by atoms with Gasteiger partial charge in [0.15, 0.2) is 6.10 Å². The van der Waals surface area contributed by atoms with Gasteiger partial charge in [0.2, 0.25) is 0 Å². The van der Waals surface area contributed by atoms with E-state index in [9.17, 15) is 9.59 Å². The van der Waals surface area contributed by atoms with Gasteiger partial charge in [-0.2, -0.15) is 0 Å². The third-order valence-electron chi connectivity index (χ3n) is 2.45. The van der Waals surface area contributed by atoms with Crippen LogP contribution >= 0.6 is 0 Å². The number of amides is 2. The first-order chi connectivity index (χ1) is 6.99. The molecular formula is C9H16N2O4. The number of aliphatic carboxylic acids is 1. The highest BCUT2D eigenvalue weighted by Crippen LogP contribution is 2.25. The second-order valence-corrected chi connectivity index (χ2v) is 3.98. The molecule has 15 heavy (non-hydrogen) atoms. The quantitative estimate of drug-likeness (QED) is 0.510. The molecule has 4 N–H and O–H groups in total. The molecule has 0 aromatic carbocycles. The molecule has 0 aromatic rings. The van der Waals surface area contributed by atoms with Crippen LogP contribution < -0.4 is 10.6 Å². The van der Waals surface area contributed by atoms with Crippen LogP contribution in [0.15, 0.2) is 0 Å². The lowest BCUT2D eigenvalue weighted by Gasteiger charge is -2.33. The monoisotopic (exact) mass is 216 g/mol. The second kappa shape index (κ2) is 4.97. The Morgan fingerprint density at radius 2 is 2.07 bits per heavy atom. The van der Waals surface area contributed by atoms with E-state index >= 15 is 0 Å². The molecule has 1 rings (SSSR count). The van der Waals surface area contributed by atoms with Gasteiger partial charge in [-0.25, -0.2) is 9.59 Å². The van der Waals surface area contributed by atoms with Crippen LogP contribution in [0.2, 0.25) is 0 Å². The molecule has 1 unspecified atom stereocenters. The summed E-state index contributed by atoms with van der Waals surface area (Å²) in [6, 6.07) is -0.242. The second-order valence-electron chi connectivity index (χ2n) is 3.98. The van der Waals surface area contributed by atoms with Crippen LogP contribution in [0.3, 0.4) is 0 Å². The Morgan fingerprint density at radius 1 is 1.47 bits per heavy atom. The normalized spacial score (nSPS) is 26.3. The van der Waals surface area contributed by atoms with Gasteiger partial charge in [-0.15, -0.1) is 0 Å². The van der Waals surface area contributed by atoms with Gasteiger partial charge in [-0.05, 0) is 18.8 Å². The lowest BCUT2D eigenvalue weighted by atomic mass is 9.82. The minimum Gasteiger partial charge on any atom is -0.479 e. The van der Waals surface area contributed by atoms with Crippen molar-refractivity contribution in [2.24, 2.45) is 5.92 Å². The summed E-state index contributed by atoms with van der Waals surface area (Å²) < 4.78 is 0. The molecule has 2 amide bonds. The summed E-state index contributed by atoms with van der Waals surface area (Å²) in [7, 11) is 0. The summed E-state index contributed by atoms with van der Waals surface area (Å²) in [6.45, 7) is 1.83. The first kappa shape index (κ1) is 11.8. The van der Waals surface area contributed by atoms with Crippen LogP contribution in [-0.4, -0.2) is 40.9 Å². The van der Waals surface area contributed by atoms with Crippen molar-refractivity contribution in [3.63, 3.8) is 0 Å². The number of carboxylic acids is 1. The molecule has 0 aromatic heterocycles. The summed E-state index contributed by atoms with van der Waals surface area (Å²) in [5.74, 6) is -0.701. The molecule has 0 saturated heterocycles. The molecule has 1 fully saturated rings. The number of nitrogens with one attached hydrogen (secondary N) is 2. The van der Waals surface area contributed by atoms with E-state index < -0.39 is 18.1 Å². The number of carbonyl (C=O) groups excluding carboxylic acids is 1. The molecule has 86 valence electrons. The lowest BCUT2D eigenvalue weighted by molar-refractivity contribution is -0.146. The molecular weight excluding hydrogens is 200 g/mol. The van der Waals surface area contributed by atoms with Gasteiger partial charge >= 0.3 is 12.0 Å². The third-order valence-corrected chi connectivity index (χ3v) is 2.45. The van der Waals surface area contributed by atoms with Crippen molar-refractivity contribution in [3.05, 3.63) is 0 Å². The molecule has 0 heterocycles. The van der Waals surface area contributed by atoms with Gasteiger partial charge in [0, 0.05) is 6.04 Å². The summed E-state index contributed by atoms with van der Waals surface area (Å²) in [6.07, 6.45) is 0.361. The van der Waals surface area contributed by atoms with Gasteiger partial charge < -0.3 is 20.8 Å².